The molecule has 1 heterocycles. The molecule has 1 fully saturated rings. The average Bonchev–Trinajstić information content (AvgIpc) is 2.52. The van der Waals surface area contributed by atoms with Crippen molar-refractivity contribution in [3.05, 3.63) is 35.4 Å². The van der Waals surface area contributed by atoms with Gasteiger partial charge in [0.2, 0.25) is 0 Å². The van der Waals surface area contributed by atoms with E-state index in [1.54, 1.807) is 0 Å². The lowest BCUT2D eigenvalue weighted by Crippen LogP contribution is -2.13. The quantitative estimate of drug-likeness (QED) is 0.760. The monoisotopic (exact) mass is 215 g/mol. The highest BCUT2D eigenvalue weighted by Gasteiger charge is 2.24. The molecule has 1 aliphatic rings. The van der Waals surface area contributed by atoms with E-state index < -0.39 is 6.17 Å². The lowest BCUT2D eigenvalue weighted by Gasteiger charge is -2.10. The molecule has 14 heavy (non-hydrogen) atoms. The van der Waals surface area contributed by atoms with Gasteiger partial charge < -0.3 is 5.32 Å². The Kier molecular flexibility index (Phi) is 3.90. The molecule has 78 valence electrons. The maximum atomic E-state index is 12.9. The molecule has 0 radical (unpaired) electrons. The smallest absolute Gasteiger partial charge is 0.114 e. The van der Waals surface area contributed by atoms with Gasteiger partial charge in [0.1, 0.15) is 6.17 Å². The van der Waals surface area contributed by atoms with Gasteiger partial charge in [-0.05, 0) is 18.9 Å². The number of alkyl halides is 1. The molecule has 1 aromatic carbocycles. The first-order chi connectivity index (χ1) is 6.25. The van der Waals surface area contributed by atoms with E-state index in [1.807, 2.05) is 6.07 Å². The lowest BCUT2D eigenvalue weighted by molar-refractivity contribution is 0.356. The number of aryl methyl sites for hydroxylation is 1. The Morgan fingerprint density at radius 1 is 1.43 bits per heavy atom. The molecule has 0 aliphatic carbocycles. The van der Waals surface area contributed by atoms with Gasteiger partial charge in [-0.2, -0.15) is 0 Å². The highest BCUT2D eigenvalue weighted by Crippen LogP contribution is 2.25. The third-order valence-corrected chi connectivity index (χ3v) is 2.52. The SMILES string of the molecule is Cc1cccc(C2CC(F)CN2)c1.Cl. The van der Waals surface area contributed by atoms with E-state index in [4.69, 9.17) is 0 Å². The van der Waals surface area contributed by atoms with Gasteiger partial charge in [-0.15, -0.1) is 12.4 Å². The molecule has 1 aliphatic heterocycles. The van der Waals surface area contributed by atoms with Crippen LogP contribution in [0, 0.1) is 6.92 Å². The molecular weight excluding hydrogens is 201 g/mol. The summed E-state index contributed by atoms with van der Waals surface area (Å²) >= 11 is 0. The van der Waals surface area contributed by atoms with Crippen molar-refractivity contribution in [2.24, 2.45) is 0 Å². The summed E-state index contributed by atoms with van der Waals surface area (Å²) in [5.41, 5.74) is 2.45. The van der Waals surface area contributed by atoms with Gasteiger partial charge in [-0.25, -0.2) is 4.39 Å². The van der Waals surface area contributed by atoms with Crippen molar-refractivity contribution in [1.82, 2.24) is 5.32 Å². The zero-order valence-corrected chi connectivity index (χ0v) is 8.98. The molecule has 2 rings (SSSR count). The number of benzene rings is 1. The molecule has 1 aromatic rings. The highest BCUT2D eigenvalue weighted by molar-refractivity contribution is 5.85. The Balaban J connectivity index is 0.000000980. The molecule has 1 N–H and O–H groups in total. The molecule has 1 saturated heterocycles. The van der Waals surface area contributed by atoms with Crippen LogP contribution in [0.25, 0.3) is 0 Å². The van der Waals surface area contributed by atoms with Crippen LogP contribution < -0.4 is 5.32 Å². The molecule has 0 spiro atoms. The van der Waals surface area contributed by atoms with Crippen molar-refractivity contribution in [2.75, 3.05) is 6.54 Å². The molecule has 3 heteroatoms. The van der Waals surface area contributed by atoms with Gasteiger partial charge in [0.05, 0.1) is 0 Å². The predicted molar refractivity (Wildman–Crippen MR) is 58.7 cm³/mol. The van der Waals surface area contributed by atoms with Gasteiger partial charge >= 0.3 is 0 Å². The van der Waals surface area contributed by atoms with E-state index in [2.05, 4.69) is 30.4 Å². The minimum atomic E-state index is -0.675. The first kappa shape index (κ1) is 11.5. The number of halogens is 2. The van der Waals surface area contributed by atoms with Crippen molar-refractivity contribution in [3.63, 3.8) is 0 Å². The Bertz CT molecular complexity index is 303. The Morgan fingerprint density at radius 2 is 2.21 bits per heavy atom. The molecule has 0 saturated carbocycles. The van der Waals surface area contributed by atoms with Crippen LogP contribution in [-0.4, -0.2) is 12.7 Å². The summed E-state index contributed by atoms with van der Waals surface area (Å²) < 4.78 is 12.9. The van der Waals surface area contributed by atoms with Gasteiger partial charge in [-0.1, -0.05) is 29.8 Å². The fraction of sp³-hybridized carbons (Fsp3) is 0.455. The number of hydrogen-bond acceptors (Lipinski definition) is 1. The van der Waals surface area contributed by atoms with Crippen LogP contribution in [-0.2, 0) is 0 Å². The van der Waals surface area contributed by atoms with Crippen LogP contribution in [0.1, 0.15) is 23.6 Å². The van der Waals surface area contributed by atoms with Crippen LogP contribution in [0.2, 0.25) is 0 Å². The number of rotatable bonds is 1. The van der Waals surface area contributed by atoms with Crippen molar-refractivity contribution in [1.29, 1.82) is 0 Å². The molecular formula is C11H15ClFN. The summed E-state index contributed by atoms with van der Waals surface area (Å²) in [4.78, 5) is 0. The van der Waals surface area contributed by atoms with Gasteiger partial charge in [-0.3, -0.25) is 0 Å². The first-order valence-electron chi connectivity index (χ1n) is 4.70. The van der Waals surface area contributed by atoms with E-state index >= 15 is 0 Å². The molecule has 0 amide bonds. The third kappa shape index (κ3) is 2.46. The Labute approximate surface area is 90.1 Å². The summed E-state index contributed by atoms with van der Waals surface area (Å²) in [6, 6.07) is 8.48. The maximum Gasteiger partial charge on any atom is 0.114 e. The van der Waals surface area contributed by atoms with Crippen LogP contribution in [0.3, 0.4) is 0 Å². The second-order valence-electron chi connectivity index (χ2n) is 3.71. The lowest BCUT2D eigenvalue weighted by atomic mass is 10.0. The second-order valence-corrected chi connectivity index (χ2v) is 3.71. The van der Waals surface area contributed by atoms with Crippen LogP contribution in [0.4, 0.5) is 4.39 Å². The predicted octanol–water partition coefficient (Wildman–Crippen LogP) is 2.79. The first-order valence-corrected chi connectivity index (χ1v) is 4.70. The van der Waals surface area contributed by atoms with Gasteiger partial charge in [0, 0.05) is 12.6 Å². The number of hydrogen-bond donors (Lipinski definition) is 1. The van der Waals surface area contributed by atoms with Crippen molar-refractivity contribution in [2.45, 2.75) is 25.6 Å². The van der Waals surface area contributed by atoms with Crippen molar-refractivity contribution >= 4 is 12.4 Å². The minimum Gasteiger partial charge on any atom is -0.307 e. The minimum absolute atomic E-state index is 0. The van der Waals surface area contributed by atoms with Crippen LogP contribution in [0.15, 0.2) is 24.3 Å². The van der Waals surface area contributed by atoms with Crippen molar-refractivity contribution in [3.8, 4) is 0 Å². The van der Waals surface area contributed by atoms with Gasteiger partial charge in [0.25, 0.3) is 0 Å². The summed E-state index contributed by atoms with van der Waals surface area (Å²) in [7, 11) is 0. The normalized spacial score (nSPS) is 25.9. The van der Waals surface area contributed by atoms with Gasteiger partial charge in [0.15, 0.2) is 0 Å². The van der Waals surface area contributed by atoms with E-state index in [9.17, 15) is 4.39 Å². The molecule has 1 nitrogen and oxygen atoms in total. The third-order valence-electron chi connectivity index (χ3n) is 2.52. The molecule has 2 atom stereocenters. The summed E-state index contributed by atoms with van der Waals surface area (Å²) in [5, 5.41) is 3.17. The highest BCUT2D eigenvalue weighted by atomic mass is 35.5. The Hall–Kier alpha value is -0.600. The second kappa shape index (κ2) is 4.76. The fourth-order valence-electron chi connectivity index (χ4n) is 1.83. The van der Waals surface area contributed by atoms with E-state index in [0.29, 0.717) is 13.0 Å². The number of nitrogens with one attached hydrogen (secondary N) is 1. The van der Waals surface area contributed by atoms with E-state index in [1.165, 1.54) is 11.1 Å². The summed E-state index contributed by atoms with van der Waals surface area (Å²) in [6.07, 6.45) is -0.0609. The van der Waals surface area contributed by atoms with E-state index in [0.717, 1.165) is 0 Å². The zero-order chi connectivity index (χ0) is 9.26. The average molecular weight is 216 g/mol. The van der Waals surface area contributed by atoms with E-state index in [-0.39, 0.29) is 18.4 Å². The topological polar surface area (TPSA) is 12.0 Å². The fourth-order valence-corrected chi connectivity index (χ4v) is 1.83. The summed E-state index contributed by atoms with van der Waals surface area (Å²) in [6.45, 7) is 2.56. The standard InChI is InChI=1S/C11H14FN.ClH/c1-8-3-2-4-9(5-8)11-6-10(12)7-13-11;/h2-5,10-11,13H,6-7H2,1H3;1H. The molecule has 0 aromatic heterocycles. The Morgan fingerprint density at radius 3 is 2.79 bits per heavy atom. The van der Waals surface area contributed by atoms with Crippen LogP contribution in [0.5, 0.6) is 0 Å². The largest absolute Gasteiger partial charge is 0.307 e. The molecule has 0 bridgehead atoms. The van der Waals surface area contributed by atoms with Crippen LogP contribution >= 0.6 is 12.4 Å². The zero-order valence-electron chi connectivity index (χ0n) is 8.16. The maximum absolute atomic E-state index is 12.9. The molecule has 2 unspecified atom stereocenters. The van der Waals surface area contributed by atoms with Crippen molar-refractivity contribution < 1.29 is 4.39 Å². The summed E-state index contributed by atoms with van der Waals surface area (Å²) in [5.74, 6) is 0.